The van der Waals surface area contributed by atoms with Crippen LogP contribution in [-0.4, -0.2) is 41.5 Å². The number of anilines is 2. The number of hydrogen-bond acceptors (Lipinski definition) is 5. The molecular weight excluding hydrogens is 236 g/mol. The van der Waals surface area contributed by atoms with Gasteiger partial charge in [0.15, 0.2) is 6.10 Å². The van der Waals surface area contributed by atoms with E-state index in [1.165, 1.54) is 0 Å². The molecular formula is C12H16N2O4. The van der Waals surface area contributed by atoms with Crippen molar-refractivity contribution in [1.29, 1.82) is 0 Å². The summed E-state index contributed by atoms with van der Waals surface area (Å²) in [5.74, 6) is 0.380. The van der Waals surface area contributed by atoms with Crippen molar-refractivity contribution in [2.24, 2.45) is 0 Å². The van der Waals surface area contributed by atoms with Crippen LogP contribution in [0.3, 0.4) is 0 Å². The Balaban J connectivity index is 2.17. The molecule has 1 heterocycles. The van der Waals surface area contributed by atoms with E-state index in [0.29, 0.717) is 17.1 Å². The van der Waals surface area contributed by atoms with Gasteiger partial charge in [-0.15, -0.1) is 0 Å². The number of carbonyl (C=O) groups is 1. The zero-order valence-corrected chi connectivity index (χ0v) is 10.0. The molecule has 0 bridgehead atoms. The molecule has 6 nitrogen and oxygen atoms in total. The monoisotopic (exact) mass is 252 g/mol. The highest BCUT2D eigenvalue weighted by Gasteiger charge is 2.25. The Morgan fingerprint density at radius 3 is 3.06 bits per heavy atom. The fourth-order valence-electron chi connectivity index (χ4n) is 1.67. The van der Waals surface area contributed by atoms with Gasteiger partial charge < -0.3 is 25.6 Å². The van der Waals surface area contributed by atoms with Crippen molar-refractivity contribution in [1.82, 2.24) is 0 Å². The Labute approximate surface area is 105 Å². The van der Waals surface area contributed by atoms with Gasteiger partial charge in [-0.05, 0) is 19.1 Å². The average Bonchev–Trinajstić information content (AvgIpc) is 2.37. The molecule has 0 aromatic heterocycles. The van der Waals surface area contributed by atoms with Gasteiger partial charge >= 0.3 is 0 Å². The van der Waals surface area contributed by atoms with Gasteiger partial charge in [-0.25, -0.2) is 0 Å². The van der Waals surface area contributed by atoms with Crippen molar-refractivity contribution in [3.05, 3.63) is 18.2 Å². The predicted molar refractivity (Wildman–Crippen MR) is 66.7 cm³/mol. The first-order chi connectivity index (χ1) is 8.61. The van der Waals surface area contributed by atoms with Crippen molar-refractivity contribution in [2.75, 3.05) is 23.8 Å². The van der Waals surface area contributed by atoms with Crippen LogP contribution in [0.1, 0.15) is 6.92 Å². The Kier molecular flexibility index (Phi) is 3.69. The third kappa shape index (κ3) is 2.55. The van der Waals surface area contributed by atoms with Crippen molar-refractivity contribution >= 4 is 17.3 Å². The molecule has 0 aliphatic carbocycles. The fraction of sp³-hybridized carbons (Fsp3) is 0.417. The molecule has 1 amide bonds. The molecule has 2 atom stereocenters. The van der Waals surface area contributed by atoms with E-state index >= 15 is 0 Å². The smallest absolute Gasteiger partial charge is 0.265 e. The van der Waals surface area contributed by atoms with Crippen molar-refractivity contribution in [3.63, 3.8) is 0 Å². The summed E-state index contributed by atoms with van der Waals surface area (Å²) < 4.78 is 5.45. The molecule has 1 aromatic carbocycles. The Morgan fingerprint density at radius 1 is 1.56 bits per heavy atom. The number of aliphatic hydroxyl groups excluding tert-OH is 2. The molecule has 0 saturated heterocycles. The van der Waals surface area contributed by atoms with Crippen LogP contribution >= 0.6 is 0 Å². The topological polar surface area (TPSA) is 90.8 Å². The summed E-state index contributed by atoms with van der Waals surface area (Å²) in [7, 11) is 0. The zero-order chi connectivity index (χ0) is 13.1. The lowest BCUT2D eigenvalue weighted by Gasteiger charge is -2.25. The maximum atomic E-state index is 11.6. The van der Waals surface area contributed by atoms with Crippen molar-refractivity contribution in [2.45, 2.75) is 19.1 Å². The standard InChI is InChI=1S/C12H16N2O4/c1-7-12(17)14-11-9(13-5-8(16)6-15)3-2-4-10(11)18-7/h2-4,7-8,13,15-16H,5-6H2,1H3,(H,14,17). The zero-order valence-electron chi connectivity index (χ0n) is 10.0. The van der Waals surface area contributed by atoms with E-state index in [4.69, 9.17) is 9.84 Å². The van der Waals surface area contributed by atoms with Crippen LogP contribution in [0.15, 0.2) is 18.2 Å². The number of ether oxygens (including phenoxy) is 1. The summed E-state index contributed by atoms with van der Waals surface area (Å²) in [5, 5.41) is 23.7. The van der Waals surface area contributed by atoms with Gasteiger partial charge in [-0.1, -0.05) is 6.07 Å². The normalized spacial score (nSPS) is 19.5. The number of carbonyl (C=O) groups excluding carboxylic acids is 1. The van der Waals surface area contributed by atoms with E-state index in [2.05, 4.69) is 10.6 Å². The maximum absolute atomic E-state index is 11.6. The second-order valence-electron chi connectivity index (χ2n) is 4.15. The summed E-state index contributed by atoms with van der Waals surface area (Å²) in [6, 6.07) is 5.32. The van der Waals surface area contributed by atoms with Crippen LogP contribution in [0.4, 0.5) is 11.4 Å². The lowest BCUT2D eigenvalue weighted by molar-refractivity contribution is -0.122. The Morgan fingerprint density at radius 2 is 2.33 bits per heavy atom. The first kappa shape index (κ1) is 12.7. The highest BCUT2D eigenvalue weighted by Crippen LogP contribution is 2.36. The van der Waals surface area contributed by atoms with E-state index in [1.54, 1.807) is 25.1 Å². The van der Waals surface area contributed by atoms with Crippen LogP contribution < -0.4 is 15.4 Å². The summed E-state index contributed by atoms with van der Waals surface area (Å²) in [6.45, 7) is 1.55. The number of amides is 1. The summed E-state index contributed by atoms with van der Waals surface area (Å²) in [4.78, 5) is 11.6. The van der Waals surface area contributed by atoms with Gasteiger partial charge in [-0.3, -0.25) is 4.79 Å². The summed E-state index contributed by atoms with van der Waals surface area (Å²) in [6.07, 6.45) is -1.37. The minimum Gasteiger partial charge on any atom is -0.479 e. The number of nitrogens with one attached hydrogen (secondary N) is 2. The molecule has 2 unspecified atom stereocenters. The number of fused-ring (bicyclic) bond motifs is 1. The number of para-hydroxylation sites is 1. The molecule has 0 saturated carbocycles. The van der Waals surface area contributed by atoms with E-state index in [-0.39, 0.29) is 19.1 Å². The minimum absolute atomic E-state index is 0.193. The second kappa shape index (κ2) is 5.24. The number of rotatable bonds is 4. The van der Waals surface area contributed by atoms with Gasteiger partial charge in [-0.2, -0.15) is 0 Å². The van der Waals surface area contributed by atoms with Crippen LogP contribution in [0, 0.1) is 0 Å². The summed E-state index contributed by atoms with van der Waals surface area (Å²) in [5.41, 5.74) is 1.21. The molecule has 98 valence electrons. The number of aliphatic hydroxyl groups is 2. The molecule has 0 fully saturated rings. The highest BCUT2D eigenvalue weighted by molar-refractivity contribution is 6.00. The van der Waals surface area contributed by atoms with Crippen LogP contribution in [0.5, 0.6) is 5.75 Å². The van der Waals surface area contributed by atoms with E-state index in [1.807, 2.05) is 0 Å². The highest BCUT2D eigenvalue weighted by atomic mass is 16.5. The average molecular weight is 252 g/mol. The van der Waals surface area contributed by atoms with Gasteiger partial charge in [0.25, 0.3) is 5.91 Å². The van der Waals surface area contributed by atoms with Crippen LogP contribution in [-0.2, 0) is 4.79 Å². The second-order valence-corrected chi connectivity index (χ2v) is 4.15. The third-order valence-electron chi connectivity index (χ3n) is 2.69. The lowest BCUT2D eigenvalue weighted by Crippen LogP contribution is -2.35. The van der Waals surface area contributed by atoms with Gasteiger partial charge in [0.1, 0.15) is 11.4 Å². The summed E-state index contributed by atoms with van der Waals surface area (Å²) >= 11 is 0. The molecule has 18 heavy (non-hydrogen) atoms. The quantitative estimate of drug-likeness (QED) is 0.613. The first-order valence-electron chi connectivity index (χ1n) is 5.75. The van der Waals surface area contributed by atoms with Gasteiger partial charge in [0, 0.05) is 6.54 Å². The SMILES string of the molecule is CC1Oc2cccc(NCC(O)CO)c2NC1=O. The van der Waals surface area contributed by atoms with E-state index in [0.717, 1.165) is 0 Å². The third-order valence-corrected chi connectivity index (χ3v) is 2.69. The van der Waals surface area contributed by atoms with E-state index < -0.39 is 12.2 Å². The fourth-order valence-corrected chi connectivity index (χ4v) is 1.67. The largest absolute Gasteiger partial charge is 0.479 e. The minimum atomic E-state index is -0.847. The molecule has 1 aliphatic heterocycles. The molecule has 6 heteroatoms. The molecule has 2 rings (SSSR count). The van der Waals surface area contributed by atoms with Gasteiger partial charge in [0.2, 0.25) is 0 Å². The molecule has 1 aromatic rings. The molecule has 4 N–H and O–H groups in total. The molecule has 1 aliphatic rings. The predicted octanol–water partition coefficient (Wildman–Crippen LogP) is 0.171. The van der Waals surface area contributed by atoms with Crippen molar-refractivity contribution < 1.29 is 19.7 Å². The van der Waals surface area contributed by atoms with Crippen LogP contribution in [0.2, 0.25) is 0 Å². The molecule has 0 spiro atoms. The first-order valence-corrected chi connectivity index (χ1v) is 5.75. The lowest BCUT2D eigenvalue weighted by atomic mass is 10.2. The van der Waals surface area contributed by atoms with Crippen molar-refractivity contribution in [3.8, 4) is 5.75 Å². The maximum Gasteiger partial charge on any atom is 0.265 e. The van der Waals surface area contributed by atoms with E-state index in [9.17, 15) is 9.90 Å². The number of hydrogen-bond donors (Lipinski definition) is 4. The Hall–Kier alpha value is -1.79. The van der Waals surface area contributed by atoms with Crippen LogP contribution in [0.25, 0.3) is 0 Å². The number of benzene rings is 1. The van der Waals surface area contributed by atoms with Gasteiger partial charge in [0.05, 0.1) is 18.4 Å². The molecule has 0 radical (unpaired) electrons. The Bertz CT molecular complexity index is 450.